The van der Waals surface area contributed by atoms with Gasteiger partial charge in [-0.15, -0.1) is 0 Å². The molecule has 5 heteroatoms. The van der Waals surface area contributed by atoms with Crippen molar-refractivity contribution >= 4 is 5.97 Å². The zero-order valence-corrected chi connectivity index (χ0v) is 20.5. The van der Waals surface area contributed by atoms with Crippen molar-refractivity contribution < 1.29 is 23.7 Å². The van der Waals surface area contributed by atoms with Gasteiger partial charge in [0, 0.05) is 19.1 Å². The molecule has 4 saturated carbocycles. The predicted octanol–water partition coefficient (Wildman–Crippen LogP) is 5.51. The van der Waals surface area contributed by atoms with Crippen molar-refractivity contribution in [2.24, 2.45) is 17.8 Å². The van der Waals surface area contributed by atoms with Crippen molar-refractivity contribution in [1.82, 2.24) is 0 Å². The lowest BCUT2D eigenvalue weighted by atomic mass is 9.48. The van der Waals surface area contributed by atoms with Crippen LogP contribution >= 0.6 is 0 Å². The summed E-state index contributed by atoms with van der Waals surface area (Å²) >= 11 is 0. The minimum absolute atomic E-state index is 0.201. The van der Waals surface area contributed by atoms with Crippen molar-refractivity contribution in [1.29, 1.82) is 0 Å². The quantitative estimate of drug-likeness (QED) is 0.207. The number of methoxy groups -OCH3 is 1. The van der Waals surface area contributed by atoms with E-state index in [-0.39, 0.29) is 12.2 Å². The SMILES string of the molecule is COCCOCOc1cc(CC#COC(=O)c2ccccc2)ccc1C12CC3CC(CC(C3)C1)C2. The van der Waals surface area contributed by atoms with Gasteiger partial charge in [-0.2, -0.15) is 0 Å². The highest BCUT2D eigenvalue weighted by atomic mass is 16.7. The summed E-state index contributed by atoms with van der Waals surface area (Å²) in [4.78, 5) is 12.1. The van der Waals surface area contributed by atoms with Crippen LogP contribution in [0.1, 0.15) is 60.0 Å². The van der Waals surface area contributed by atoms with Crippen LogP contribution in [0.3, 0.4) is 0 Å². The first kappa shape index (κ1) is 23.9. The Labute approximate surface area is 208 Å². The summed E-state index contributed by atoms with van der Waals surface area (Å²) in [6.07, 6.45) is 11.1. The molecule has 0 aromatic heterocycles. The number of esters is 1. The molecule has 0 atom stereocenters. The smallest absolute Gasteiger partial charge is 0.352 e. The third-order valence-corrected chi connectivity index (χ3v) is 7.90. The first-order valence-corrected chi connectivity index (χ1v) is 12.7. The first-order chi connectivity index (χ1) is 17.1. The second-order valence-corrected chi connectivity index (χ2v) is 10.4. The maximum Gasteiger partial charge on any atom is 0.352 e. The fourth-order valence-corrected chi connectivity index (χ4v) is 6.83. The number of benzene rings is 2. The van der Waals surface area contributed by atoms with E-state index in [0.29, 0.717) is 25.2 Å². The molecule has 4 bridgehead atoms. The Kier molecular flexibility index (Phi) is 7.41. The molecule has 0 saturated heterocycles. The number of hydrogen-bond donors (Lipinski definition) is 0. The first-order valence-electron chi connectivity index (χ1n) is 12.7. The fourth-order valence-electron chi connectivity index (χ4n) is 6.83. The molecule has 6 rings (SSSR count). The standard InChI is InChI=1S/C30H34O5/c1-32-12-13-33-21-35-28-17-22(6-5-11-34-29(31)26-7-3-2-4-8-26)9-10-27(28)30-18-23-14-24(19-30)16-25(15-23)20-30/h2-4,7-10,17,23-25H,6,12-16,18-21H2,1H3. The van der Waals surface area contributed by atoms with Crippen molar-refractivity contribution in [3.8, 4) is 17.8 Å². The van der Waals surface area contributed by atoms with Crippen LogP contribution in [0, 0.1) is 29.8 Å². The average Bonchev–Trinajstić information content (AvgIpc) is 2.86. The zero-order valence-electron chi connectivity index (χ0n) is 20.5. The summed E-state index contributed by atoms with van der Waals surface area (Å²) in [6, 6.07) is 15.4. The third-order valence-electron chi connectivity index (χ3n) is 7.90. The second kappa shape index (κ2) is 10.8. The molecule has 184 valence electrons. The molecule has 4 aliphatic carbocycles. The number of rotatable bonds is 9. The molecule has 0 amide bonds. The van der Waals surface area contributed by atoms with Crippen LogP contribution < -0.4 is 4.74 Å². The van der Waals surface area contributed by atoms with Gasteiger partial charge in [0.15, 0.2) is 6.79 Å². The molecular weight excluding hydrogens is 440 g/mol. The minimum atomic E-state index is -0.438. The van der Waals surface area contributed by atoms with Crippen LogP contribution in [0.5, 0.6) is 5.75 Å². The van der Waals surface area contributed by atoms with Crippen molar-refractivity contribution in [2.75, 3.05) is 27.1 Å². The molecule has 35 heavy (non-hydrogen) atoms. The van der Waals surface area contributed by atoms with Crippen LogP contribution in [-0.2, 0) is 26.0 Å². The lowest BCUT2D eigenvalue weighted by molar-refractivity contribution is -0.0189. The Hall–Kier alpha value is -2.81. The molecule has 2 aromatic rings. The summed E-state index contributed by atoms with van der Waals surface area (Å²) in [5.74, 6) is 6.02. The van der Waals surface area contributed by atoms with E-state index in [1.807, 2.05) is 6.07 Å². The van der Waals surface area contributed by atoms with E-state index < -0.39 is 5.97 Å². The maximum atomic E-state index is 12.1. The topological polar surface area (TPSA) is 54.0 Å². The van der Waals surface area contributed by atoms with Gasteiger partial charge in [-0.1, -0.05) is 36.3 Å². The minimum Gasteiger partial charge on any atom is -0.467 e. The molecule has 2 aromatic carbocycles. The van der Waals surface area contributed by atoms with Crippen LogP contribution in [0.15, 0.2) is 48.5 Å². The summed E-state index contributed by atoms with van der Waals surface area (Å²) in [5.41, 5.74) is 3.09. The predicted molar refractivity (Wildman–Crippen MR) is 133 cm³/mol. The van der Waals surface area contributed by atoms with Gasteiger partial charge in [0.05, 0.1) is 18.8 Å². The lowest BCUT2D eigenvalue weighted by Gasteiger charge is -2.57. The molecule has 0 heterocycles. The van der Waals surface area contributed by atoms with Crippen molar-refractivity contribution in [2.45, 2.75) is 50.4 Å². The highest BCUT2D eigenvalue weighted by Crippen LogP contribution is 2.61. The molecule has 0 N–H and O–H groups in total. The van der Waals surface area contributed by atoms with Gasteiger partial charge < -0.3 is 18.9 Å². The summed E-state index contributed by atoms with van der Waals surface area (Å²) in [6.45, 7) is 1.25. The van der Waals surface area contributed by atoms with E-state index in [1.165, 1.54) is 44.1 Å². The van der Waals surface area contributed by atoms with Crippen molar-refractivity contribution in [3.05, 3.63) is 65.2 Å². The molecule has 4 aliphatic rings. The Morgan fingerprint density at radius 3 is 2.37 bits per heavy atom. The third kappa shape index (κ3) is 5.55. The molecular formula is C30H34O5. The fraction of sp³-hybridized carbons (Fsp3) is 0.500. The van der Waals surface area contributed by atoms with E-state index in [4.69, 9.17) is 18.9 Å². The van der Waals surface area contributed by atoms with E-state index in [0.717, 1.165) is 29.1 Å². The molecule has 0 aliphatic heterocycles. The number of carbonyl (C=O) groups is 1. The Balaban J connectivity index is 1.30. The van der Waals surface area contributed by atoms with Gasteiger partial charge in [-0.25, -0.2) is 4.79 Å². The van der Waals surface area contributed by atoms with E-state index in [2.05, 4.69) is 30.2 Å². The van der Waals surface area contributed by atoms with Crippen LogP contribution in [-0.4, -0.2) is 33.1 Å². The largest absolute Gasteiger partial charge is 0.467 e. The van der Waals surface area contributed by atoms with Crippen molar-refractivity contribution in [3.63, 3.8) is 0 Å². The molecule has 4 fully saturated rings. The Morgan fingerprint density at radius 2 is 1.69 bits per heavy atom. The van der Waals surface area contributed by atoms with E-state index in [1.54, 1.807) is 31.4 Å². The number of carbonyl (C=O) groups excluding carboxylic acids is 1. The van der Waals surface area contributed by atoms with Crippen LogP contribution in [0.4, 0.5) is 0 Å². The monoisotopic (exact) mass is 474 g/mol. The second-order valence-electron chi connectivity index (χ2n) is 10.4. The van der Waals surface area contributed by atoms with Gasteiger partial charge >= 0.3 is 5.97 Å². The average molecular weight is 475 g/mol. The van der Waals surface area contributed by atoms with E-state index in [9.17, 15) is 4.79 Å². The van der Waals surface area contributed by atoms with Gasteiger partial charge in [0.1, 0.15) is 11.9 Å². The molecule has 0 spiro atoms. The zero-order chi connectivity index (χ0) is 24.1. The van der Waals surface area contributed by atoms with Gasteiger partial charge in [-0.05, 0) is 85.5 Å². The van der Waals surface area contributed by atoms with Gasteiger partial charge in [0.25, 0.3) is 0 Å². The Bertz CT molecular complexity index is 1050. The van der Waals surface area contributed by atoms with Gasteiger partial charge in [0.2, 0.25) is 0 Å². The lowest BCUT2D eigenvalue weighted by Crippen LogP contribution is -2.48. The molecule has 5 nitrogen and oxygen atoms in total. The number of hydrogen-bond acceptors (Lipinski definition) is 5. The Morgan fingerprint density at radius 1 is 0.971 bits per heavy atom. The van der Waals surface area contributed by atoms with Gasteiger partial charge in [-0.3, -0.25) is 0 Å². The summed E-state index contributed by atoms with van der Waals surface area (Å²) in [7, 11) is 1.66. The highest BCUT2D eigenvalue weighted by Gasteiger charge is 2.52. The highest BCUT2D eigenvalue weighted by molar-refractivity contribution is 5.89. The normalized spacial score (nSPS) is 26.1. The summed E-state index contributed by atoms with van der Waals surface area (Å²) in [5, 5.41) is 0. The molecule has 0 unspecified atom stereocenters. The maximum absolute atomic E-state index is 12.1. The van der Waals surface area contributed by atoms with Crippen LogP contribution in [0.2, 0.25) is 0 Å². The number of ether oxygens (including phenoxy) is 4. The van der Waals surface area contributed by atoms with E-state index >= 15 is 0 Å². The summed E-state index contributed by atoms with van der Waals surface area (Å²) < 4.78 is 22.0. The van der Waals surface area contributed by atoms with Crippen LogP contribution in [0.25, 0.3) is 0 Å². The molecule has 0 radical (unpaired) electrons.